The molecule has 0 fully saturated rings. The minimum atomic E-state index is -0.272. The largest absolute Gasteiger partial charge is 0.493 e. The van der Waals surface area contributed by atoms with E-state index in [0.29, 0.717) is 23.5 Å². The van der Waals surface area contributed by atoms with Crippen LogP contribution in [-0.4, -0.2) is 14.2 Å². The molecule has 0 aromatic heterocycles. The van der Waals surface area contributed by atoms with E-state index in [-0.39, 0.29) is 11.7 Å². The van der Waals surface area contributed by atoms with Gasteiger partial charge in [-0.25, -0.2) is 4.39 Å². The van der Waals surface area contributed by atoms with Gasteiger partial charge in [0, 0.05) is 6.07 Å². The van der Waals surface area contributed by atoms with Gasteiger partial charge in [-0.3, -0.25) is 0 Å². The molecule has 0 saturated carbocycles. The minimum absolute atomic E-state index is 0.229. The van der Waals surface area contributed by atoms with Crippen molar-refractivity contribution < 1.29 is 13.9 Å². The number of benzene rings is 1. The molecule has 1 rings (SSSR count). The monoisotopic (exact) mass is 224 g/mol. The van der Waals surface area contributed by atoms with Gasteiger partial charge in [-0.2, -0.15) is 0 Å². The lowest BCUT2D eigenvalue weighted by molar-refractivity contribution is 0.351. The highest BCUT2D eigenvalue weighted by molar-refractivity contribution is 5.43. The quantitative estimate of drug-likeness (QED) is 0.715. The van der Waals surface area contributed by atoms with E-state index in [4.69, 9.17) is 9.47 Å². The molecule has 0 spiro atoms. The number of methoxy groups -OCH3 is 2. The summed E-state index contributed by atoms with van der Waals surface area (Å²) in [5, 5.41) is 0. The summed E-state index contributed by atoms with van der Waals surface area (Å²) in [6.07, 6.45) is 2.41. The molecule has 0 bridgehead atoms. The molecule has 16 heavy (non-hydrogen) atoms. The van der Waals surface area contributed by atoms with Crippen LogP contribution >= 0.6 is 0 Å². The van der Waals surface area contributed by atoms with Gasteiger partial charge in [-0.05, 0) is 24.0 Å². The topological polar surface area (TPSA) is 18.5 Å². The third-order valence-corrected chi connectivity index (χ3v) is 2.50. The molecule has 2 nitrogen and oxygen atoms in total. The molecule has 1 unspecified atom stereocenters. The Morgan fingerprint density at radius 3 is 2.38 bits per heavy atom. The van der Waals surface area contributed by atoms with Crippen molar-refractivity contribution >= 4 is 0 Å². The van der Waals surface area contributed by atoms with Gasteiger partial charge in [-0.1, -0.05) is 13.0 Å². The highest BCUT2D eigenvalue weighted by atomic mass is 19.1. The van der Waals surface area contributed by atoms with Crippen molar-refractivity contribution in [3.63, 3.8) is 0 Å². The molecule has 1 aromatic carbocycles. The number of ether oxygens (including phenoxy) is 2. The lowest BCUT2D eigenvalue weighted by Crippen LogP contribution is -2.01. The van der Waals surface area contributed by atoms with Crippen LogP contribution in [0.5, 0.6) is 11.5 Å². The van der Waals surface area contributed by atoms with Gasteiger partial charge in [0.1, 0.15) is 5.82 Å². The first-order chi connectivity index (χ1) is 7.62. The number of halogens is 1. The van der Waals surface area contributed by atoms with E-state index >= 15 is 0 Å². The first kappa shape index (κ1) is 12.6. The molecule has 3 heteroatoms. The number of allylic oxidation sites excluding steroid dienone is 1. The summed E-state index contributed by atoms with van der Waals surface area (Å²) in [4.78, 5) is 0. The Balaban J connectivity index is 3.05. The number of hydrogen-bond acceptors (Lipinski definition) is 2. The van der Waals surface area contributed by atoms with Crippen molar-refractivity contribution in [2.75, 3.05) is 14.2 Å². The number of hydrogen-bond donors (Lipinski definition) is 0. The van der Waals surface area contributed by atoms with Crippen molar-refractivity contribution in [2.24, 2.45) is 5.92 Å². The van der Waals surface area contributed by atoms with Gasteiger partial charge >= 0.3 is 0 Å². The minimum Gasteiger partial charge on any atom is -0.493 e. The second kappa shape index (κ2) is 5.54. The van der Waals surface area contributed by atoms with E-state index in [1.807, 2.05) is 6.92 Å². The van der Waals surface area contributed by atoms with E-state index in [1.165, 1.54) is 20.3 Å². The van der Waals surface area contributed by atoms with Gasteiger partial charge in [0.05, 0.1) is 14.2 Å². The van der Waals surface area contributed by atoms with Crippen molar-refractivity contribution in [3.8, 4) is 11.5 Å². The van der Waals surface area contributed by atoms with Crippen LogP contribution in [0.3, 0.4) is 0 Å². The summed E-state index contributed by atoms with van der Waals surface area (Å²) in [6, 6.07) is 3.03. The molecule has 0 heterocycles. The fraction of sp³-hybridized carbons (Fsp3) is 0.385. The van der Waals surface area contributed by atoms with Crippen molar-refractivity contribution in [2.45, 2.75) is 13.3 Å². The second-order valence-electron chi connectivity index (χ2n) is 3.72. The van der Waals surface area contributed by atoms with Gasteiger partial charge in [0.2, 0.25) is 0 Å². The first-order valence-corrected chi connectivity index (χ1v) is 5.15. The summed E-state index contributed by atoms with van der Waals surface area (Å²) in [5.74, 6) is 0.920. The van der Waals surface area contributed by atoms with Gasteiger partial charge in [-0.15, -0.1) is 6.58 Å². The Labute approximate surface area is 95.7 Å². The van der Waals surface area contributed by atoms with E-state index in [2.05, 4.69) is 6.58 Å². The van der Waals surface area contributed by atoms with Crippen LogP contribution in [0.1, 0.15) is 12.5 Å². The molecule has 0 aliphatic rings. The van der Waals surface area contributed by atoms with E-state index in [1.54, 1.807) is 12.1 Å². The predicted octanol–water partition coefficient (Wildman–Crippen LogP) is 3.21. The second-order valence-corrected chi connectivity index (χ2v) is 3.72. The summed E-state index contributed by atoms with van der Waals surface area (Å²) in [5.41, 5.74) is 0.616. The lowest BCUT2D eigenvalue weighted by atomic mass is 10.0. The smallest absolute Gasteiger partial charge is 0.163 e. The average Bonchev–Trinajstić information content (AvgIpc) is 2.30. The SMILES string of the molecule is C=CC(C)Cc1cc(OC)c(OC)cc1F. The van der Waals surface area contributed by atoms with Crippen LogP contribution in [0, 0.1) is 11.7 Å². The molecular weight excluding hydrogens is 207 g/mol. The van der Waals surface area contributed by atoms with Crippen molar-refractivity contribution in [1.82, 2.24) is 0 Å². The van der Waals surface area contributed by atoms with Crippen LogP contribution < -0.4 is 9.47 Å². The predicted molar refractivity (Wildman–Crippen MR) is 62.6 cm³/mol. The Hall–Kier alpha value is -1.51. The molecule has 88 valence electrons. The summed E-state index contributed by atoms with van der Waals surface area (Å²) in [7, 11) is 3.03. The van der Waals surface area contributed by atoms with Crippen molar-refractivity contribution in [1.29, 1.82) is 0 Å². The third kappa shape index (κ3) is 2.75. The van der Waals surface area contributed by atoms with Crippen LogP contribution in [0.15, 0.2) is 24.8 Å². The zero-order valence-electron chi connectivity index (χ0n) is 9.92. The molecule has 0 saturated heterocycles. The van der Waals surface area contributed by atoms with E-state index < -0.39 is 0 Å². The zero-order chi connectivity index (χ0) is 12.1. The van der Waals surface area contributed by atoms with Gasteiger partial charge in [0.15, 0.2) is 11.5 Å². The Morgan fingerprint density at radius 1 is 1.31 bits per heavy atom. The Bertz CT molecular complexity index is 374. The molecule has 0 radical (unpaired) electrons. The first-order valence-electron chi connectivity index (χ1n) is 5.15. The van der Waals surface area contributed by atoms with Gasteiger partial charge in [0.25, 0.3) is 0 Å². The van der Waals surface area contributed by atoms with Crippen LogP contribution in [0.2, 0.25) is 0 Å². The Kier molecular flexibility index (Phi) is 4.35. The normalized spacial score (nSPS) is 12.0. The molecule has 1 atom stereocenters. The maximum Gasteiger partial charge on any atom is 0.163 e. The molecular formula is C13H17FO2. The van der Waals surface area contributed by atoms with Crippen LogP contribution in [0.25, 0.3) is 0 Å². The van der Waals surface area contributed by atoms with Crippen molar-refractivity contribution in [3.05, 3.63) is 36.2 Å². The van der Waals surface area contributed by atoms with E-state index in [9.17, 15) is 4.39 Å². The molecule has 0 aliphatic carbocycles. The maximum atomic E-state index is 13.7. The fourth-order valence-corrected chi connectivity index (χ4v) is 1.48. The van der Waals surface area contributed by atoms with E-state index in [0.717, 1.165) is 0 Å². The standard InChI is InChI=1S/C13H17FO2/c1-5-9(2)6-10-7-12(15-3)13(16-4)8-11(10)14/h5,7-9H,1,6H2,2-4H3. The summed E-state index contributed by atoms with van der Waals surface area (Å²) in [6.45, 7) is 5.67. The maximum absolute atomic E-state index is 13.7. The molecule has 0 N–H and O–H groups in total. The molecule has 0 aliphatic heterocycles. The zero-order valence-corrected chi connectivity index (χ0v) is 9.92. The summed E-state index contributed by atoms with van der Waals surface area (Å²) >= 11 is 0. The van der Waals surface area contributed by atoms with Crippen LogP contribution in [0.4, 0.5) is 4.39 Å². The number of rotatable bonds is 5. The highest BCUT2D eigenvalue weighted by Gasteiger charge is 2.12. The summed E-state index contributed by atoms with van der Waals surface area (Å²) < 4.78 is 23.8. The van der Waals surface area contributed by atoms with Crippen LogP contribution in [-0.2, 0) is 6.42 Å². The molecule has 1 aromatic rings. The Morgan fingerprint density at radius 2 is 1.88 bits per heavy atom. The lowest BCUT2D eigenvalue weighted by Gasteiger charge is -2.12. The molecule has 0 amide bonds. The third-order valence-electron chi connectivity index (χ3n) is 2.50. The fourth-order valence-electron chi connectivity index (χ4n) is 1.48. The highest BCUT2D eigenvalue weighted by Crippen LogP contribution is 2.30. The van der Waals surface area contributed by atoms with Gasteiger partial charge < -0.3 is 9.47 Å². The average molecular weight is 224 g/mol.